The van der Waals surface area contributed by atoms with Gasteiger partial charge in [0.05, 0.1) is 18.2 Å². The van der Waals surface area contributed by atoms with Crippen LogP contribution in [0.5, 0.6) is 5.75 Å². The first kappa shape index (κ1) is 11.8. The number of nitro benzene ring substituents is 1. The highest BCUT2D eigenvalue weighted by Gasteiger charge is 2.14. The van der Waals surface area contributed by atoms with Crippen LogP contribution in [0.25, 0.3) is 11.1 Å². The quantitative estimate of drug-likeness (QED) is 0.508. The van der Waals surface area contributed by atoms with Gasteiger partial charge in [-0.05, 0) is 17.7 Å². The van der Waals surface area contributed by atoms with Crippen molar-refractivity contribution in [2.24, 2.45) is 0 Å². The molecule has 2 rings (SSSR count). The Balaban J connectivity index is 2.58. The van der Waals surface area contributed by atoms with Gasteiger partial charge in [-0.1, -0.05) is 6.07 Å². The molecule has 0 saturated heterocycles. The Bertz CT molecular complexity index is 599. The normalized spacial score (nSPS) is 10.1. The third-order valence-electron chi connectivity index (χ3n) is 2.54. The number of pyridine rings is 1. The lowest BCUT2D eigenvalue weighted by atomic mass is 10.0. The molecule has 0 aliphatic carbocycles. The number of aromatic nitrogens is 1. The molecule has 0 radical (unpaired) electrons. The SMILES string of the molecule is COc1cnccc1-c1ccc(N)c([N+](=O)[O-])c1. The average molecular weight is 245 g/mol. The van der Waals surface area contributed by atoms with E-state index < -0.39 is 4.92 Å². The number of methoxy groups -OCH3 is 1. The van der Waals surface area contributed by atoms with Crippen LogP contribution in [0.15, 0.2) is 36.7 Å². The van der Waals surface area contributed by atoms with Gasteiger partial charge in [0, 0.05) is 17.8 Å². The minimum atomic E-state index is -0.507. The zero-order chi connectivity index (χ0) is 13.1. The van der Waals surface area contributed by atoms with E-state index in [0.717, 1.165) is 5.56 Å². The zero-order valence-corrected chi connectivity index (χ0v) is 9.66. The second kappa shape index (κ2) is 4.70. The molecule has 18 heavy (non-hydrogen) atoms. The number of nitrogen functional groups attached to an aromatic ring is 1. The molecule has 92 valence electrons. The fourth-order valence-corrected chi connectivity index (χ4v) is 1.65. The first-order valence-electron chi connectivity index (χ1n) is 5.15. The summed E-state index contributed by atoms with van der Waals surface area (Å²) in [6.07, 6.45) is 3.15. The number of nitrogens with zero attached hydrogens (tertiary/aromatic N) is 2. The molecule has 1 aromatic carbocycles. The minimum Gasteiger partial charge on any atom is -0.494 e. The maximum Gasteiger partial charge on any atom is 0.292 e. The smallest absolute Gasteiger partial charge is 0.292 e. The van der Waals surface area contributed by atoms with E-state index >= 15 is 0 Å². The third kappa shape index (κ3) is 2.08. The second-order valence-corrected chi connectivity index (χ2v) is 3.61. The molecule has 0 saturated carbocycles. The van der Waals surface area contributed by atoms with Crippen LogP contribution in [0, 0.1) is 10.1 Å². The van der Waals surface area contributed by atoms with Crippen molar-refractivity contribution in [2.75, 3.05) is 12.8 Å². The summed E-state index contributed by atoms with van der Waals surface area (Å²) in [4.78, 5) is 14.3. The molecule has 6 nitrogen and oxygen atoms in total. The minimum absolute atomic E-state index is 0.119. The zero-order valence-electron chi connectivity index (χ0n) is 9.66. The number of rotatable bonds is 3. The molecular weight excluding hydrogens is 234 g/mol. The summed E-state index contributed by atoms with van der Waals surface area (Å²) in [7, 11) is 1.52. The number of hydrogen-bond donors (Lipinski definition) is 1. The van der Waals surface area contributed by atoms with Crippen molar-refractivity contribution in [3.63, 3.8) is 0 Å². The average Bonchev–Trinajstić information content (AvgIpc) is 2.39. The van der Waals surface area contributed by atoms with E-state index in [4.69, 9.17) is 10.5 Å². The Hall–Kier alpha value is -2.63. The van der Waals surface area contributed by atoms with Gasteiger partial charge in [-0.15, -0.1) is 0 Å². The van der Waals surface area contributed by atoms with Crippen LogP contribution < -0.4 is 10.5 Å². The predicted molar refractivity (Wildman–Crippen MR) is 67.3 cm³/mol. The summed E-state index contributed by atoms with van der Waals surface area (Å²) in [6, 6.07) is 6.37. The maximum atomic E-state index is 10.8. The molecule has 0 amide bonds. The van der Waals surface area contributed by atoms with Crippen molar-refractivity contribution in [2.45, 2.75) is 0 Å². The molecule has 0 atom stereocenters. The number of nitro groups is 1. The van der Waals surface area contributed by atoms with Gasteiger partial charge < -0.3 is 10.5 Å². The topological polar surface area (TPSA) is 91.3 Å². The second-order valence-electron chi connectivity index (χ2n) is 3.61. The van der Waals surface area contributed by atoms with Gasteiger partial charge in [0.1, 0.15) is 11.4 Å². The van der Waals surface area contributed by atoms with E-state index in [1.807, 2.05) is 0 Å². The lowest BCUT2D eigenvalue weighted by Crippen LogP contribution is -1.96. The van der Waals surface area contributed by atoms with Gasteiger partial charge in [0.2, 0.25) is 0 Å². The number of nitrogens with two attached hydrogens (primary N) is 1. The van der Waals surface area contributed by atoms with Crippen LogP contribution in [0.3, 0.4) is 0 Å². The fraction of sp³-hybridized carbons (Fsp3) is 0.0833. The molecule has 0 aliphatic rings. The van der Waals surface area contributed by atoms with Crippen molar-refractivity contribution in [1.82, 2.24) is 4.98 Å². The Kier molecular flexibility index (Phi) is 3.09. The summed E-state index contributed by atoms with van der Waals surface area (Å²) in [5, 5.41) is 10.8. The van der Waals surface area contributed by atoms with Crippen molar-refractivity contribution < 1.29 is 9.66 Å². The van der Waals surface area contributed by atoms with E-state index in [1.165, 1.54) is 19.2 Å². The lowest BCUT2D eigenvalue weighted by molar-refractivity contribution is -0.383. The molecule has 0 unspecified atom stereocenters. The number of benzene rings is 1. The predicted octanol–water partition coefficient (Wildman–Crippen LogP) is 2.25. The highest BCUT2D eigenvalue weighted by Crippen LogP contribution is 2.33. The lowest BCUT2D eigenvalue weighted by Gasteiger charge is -2.08. The Labute approximate surface area is 103 Å². The monoisotopic (exact) mass is 245 g/mol. The van der Waals surface area contributed by atoms with Crippen LogP contribution in [-0.4, -0.2) is 17.0 Å². The van der Waals surface area contributed by atoms with Crippen LogP contribution in [-0.2, 0) is 0 Å². The number of anilines is 1. The van der Waals surface area contributed by atoms with E-state index in [2.05, 4.69) is 4.98 Å². The van der Waals surface area contributed by atoms with Gasteiger partial charge >= 0.3 is 0 Å². The van der Waals surface area contributed by atoms with Gasteiger partial charge in [0.25, 0.3) is 5.69 Å². The van der Waals surface area contributed by atoms with Crippen LogP contribution in [0.2, 0.25) is 0 Å². The first-order valence-corrected chi connectivity index (χ1v) is 5.15. The van der Waals surface area contributed by atoms with Gasteiger partial charge in [-0.25, -0.2) is 0 Å². The first-order chi connectivity index (χ1) is 8.63. The van der Waals surface area contributed by atoms with Crippen LogP contribution in [0.4, 0.5) is 11.4 Å². The maximum absolute atomic E-state index is 10.8. The third-order valence-corrected chi connectivity index (χ3v) is 2.54. The van der Waals surface area contributed by atoms with Crippen molar-refractivity contribution in [3.05, 3.63) is 46.8 Å². The summed E-state index contributed by atoms with van der Waals surface area (Å²) < 4.78 is 5.17. The molecule has 0 fully saturated rings. The van der Waals surface area contributed by atoms with Gasteiger partial charge in [0.15, 0.2) is 0 Å². The molecule has 2 aromatic rings. The summed E-state index contributed by atoms with van der Waals surface area (Å²) in [6.45, 7) is 0. The van der Waals surface area contributed by atoms with Gasteiger partial charge in [-0.3, -0.25) is 15.1 Å². The Morgan fingerprint density at radius 1 is 1.39 bits per heavy atom. The number of hydrogen-bond acceptors (Lipinski definition) is 5. The van der Waals surface area contributed by atoms with E-state index in [1.54, 1.807) is 24.5 Å². The number of ether oxygens (including phenoxy) is 1. The largest absolute Gasteiger partial charge is 0.494 e. The Morgan fingerprint density at radius 2 is 2.17 bits per heavy atom. The summed E-state index contributed by atoms with van der Waals surface area (Å²) >= 11 is 0. The molecule has 0 bridgehead atoms. The van der Waals surface area contributed by atoms with Crippen LogP contribution in [0.1, 0.15) is 0 Å². The van der Waals surface area contributed by atoms with Gasteiger partial charge in [-0.2, -0.15) is 0 Å². The molecule has 1 aromatic heterocycles. The molecular formula is C12H11N3O3. The fourth-order valence-electron chi connectivity index (χ4n) is 1.65. The molecule has 2 N–H and O–H groups in total. The summed E-state index contributed by atoms with van der Waals surface area (Å²) in [5.41, 5.74) is 6.96. The highest BCUT2D eigenvalue weighted by atomic mass is 16.6. The Morgan fingerprint density at radius 3 is 2.83 bits per heavy atom. The van der Waals surface area contributed by atoms with Crippen LogP contribution >= 0.6 is 0 Å². The highest BCUT2D eigenvalue weighted by molar-refractivity contribution is 5.75. The molecule has 1 heterocycles. The summed E-state index contributed by atoms with van der Waals surface area (Å²) in [5.74, 6) is 0.552. The van der Waals surface area contributed by atoms with Crippen molar-refractivity contribution in [1.29, 1.82) is 0 Å². The van der Waals surface area contributed by atoms with Crippen molar-refractivity contribution in [3.8, 4) is 16.9 Å². The van der Waals surface area contributed by atoms with E-state index in [9.17, 15) is 10.1 Å². The van der Waals surface area contributed by atoms with E-state index in [0.29, 0.717) is 11.3 Å². The van der Waals surface area contributed by atoms with Crippen molar-refractivity contribution >= 4 is 11.4 Å². The standard InChI is InChI=1S/C12H11N3O3/c1-18-12-7-14-5-4-9(12)8-2-3-10(13)11(6-8)15(16)17/h2-7H,13H2,1H3. The molecule has 0 spiro atoms. The molecule has 0 aliphatic heterocycles. The van der Waals surface area contributed by atoms with E-state index in [-0.39, 0.29) is 11.4 Å². The molecule has 6 heteroatoms.